The number of piperidine rings is 1. The number of para-hydroxylation sites is 1. The van der Waals surface area contributed by atoms with Crippen LogP contribution in [-0.4, -0.2) is 64.1 Å². The summed E-state index contributed by atoms with van der Waals surface area (Å²) >= 11 is 4.73. The summed E-state index contributed by atoms with van der Waals surface area (Å²) in [6, 6.07) is 8.25. The van der Waals surface area contributed by atoms with Gasteiger partial charge in [-0.1, -0.05) is 35.2 Å². The number of carbonyl (C=O) groups is 1. The number of hydrogen-bond acceptors (Lipinski definition) is 9. The van der Waals surface area contributed by atoms with Gasteiger partial charge < -0.3 is 15.0 Å². The molecule has 4 heterocycles. The summed E-state index contributed by atoms with van der Waals surface area (Å²) in [5.74, 6) is 0.891. The molecule has 164 valence electrons. The van der Waals surface area contributed by atoms with E-state index < -0.39 is 0 Å². The zero-order chi connectivity index (χ0) is 21.0. The van der Waals surface area contributed by atoms with Crippen molar-refractivity contribution in [3.05, 3.63) is 29.3 Å². The van der Waals surface area contributed by atoms with Crippen LogP contribution in [0, 0.1) is 0 Å². The van der Waals surface area contributed by atoms with Crippen molar-refractivity contribution in [3.63, 3.8) is 0 Å². The number of thioether (sulfide) groups is 1. The van der Waals surface area contributed by atoms with Crippen LogP contribution in [-0.2, 0) is 9.53 Å². The molecule has 2 unspecified atom stereocenters. The normalized spacial score (nSPS) is 21.6. The molecule has 2 aliphatic heterocycles. The van der Waals surface area contributed by atoms with Crippen LogP contribution in [0.3, 0.4) is 0 Å². The zero-order valence-electron chi connectivity index (χ0n) is 17.2. The second-order valence-electron chi connectivity index (χ2n) is 7.88. The van der Waals surface area contributed by atoms with Crippen molar-refractivity contribution in [2.45, 2.75) is 42.0 Å². The summed E-state index contributed by atoms with van der Waals surface area (Å²) in [5, 5.41) is 13.6. The van der Waals surface area contributed by atoms with E-state index in [-0.39, 0.29) is 12.0 Å². The lowest BCUT2D eigenvalue weighted by Gasteiger charge is -2.31. The molecule has 1 amide bonds. The van der Waals surface area contributed by atoms with Crippen molar-refractivity contribution < 1.29 is 9.53 Å². The molecular weight excluding hydrogens is 450 g/mol. The highest BCUT2D eigenvalue weighted by Gasteiger charge is 2.27. The van der Waals surface area contributed by atoms with Crippen LogP contribution in [0.4, 0.5) is 5.13 Å². The largest absolute Gasteiger partial charge is 0.376 e. The van der Waals surface area contributed by atoms with Crippen LogP contribution in [0.1, 0.15) is 36.6 Å². The number of fused-ring (bicyclic) bond motifs is 1. The number of nitrogens with one attached hydrogen (secondary N) is 1. The Labute approximate surface area is 193 Å². The van der Waals surface area contributed by atoms with Gasteiger partial charge in [-0.15, -0.1) is 21.5 Å². The fourth-order valence-corrected chi connectivity index (χ4v) is 6.79. The number of benzene rings is 1. The van der Waals surface area contributed by atoms with Gasteiger partial charge in [0.2, 0.25) is 11.0 Å². The smallest absolute Gasteiger partial charge is 0.233 e. The zero-order valence-corrected chi connectivity index (χ0v) is 19.6. The summed E-state index contributed by atoms with van der Waals surface area (Å²) in [4.78, 5) is 19.6. The number of rotatable bonds is 7. The fraction of sp³-hybridized carbons (Fsp3) is 0.524. The van der Waals surface area contributed by atoms with E-state index in [1.165, 1.54) is 27.8 Å². The molecule has 3 aromatic rings. The van der Waals surface area contributed by atoms with E-state index in [2.05, 4.69) is 33.7 Å². The SMILES string of the molecule is O=C(CSc1nnc(NCC2CCCO2)s1)N1CCCC(c2nc3ccccc3s2)C1. The van der Waals surface area contributed by atoms with Gasteiger partial charge in [0.05, 0.1) is 27.1 Å². The average Bonchev–Trinajstić information content (AvgIpc) is 3.56. The number of aromatic nitrogens is 3. The van der Waals surface area contributed by atoms with Gasteiger partial charge in [-0.25, -0.2) is 4.98 Å². The lowest BCUT2D eigenvalue weighted by Crippen LogP contribution is -2.40. The van der Waals surface area contributed by atoms with Crippen LogP contribution >= 0.6 is 34.4 Å². The molecule has 31 heavy (non-hydrogen) atoms. The Balaban J connectivity index is 1.12. The van der Waals surface area contributed by atoms with E-state index in [4.69, 9.17) is 9.72 Å². The van der Waals surface area contributed by atoms with Crippen LogP contribution < -0.4 is 5.32 Å². The van der Waals surface area contributed by atoms with Crippen molar-refractivity contribution in [2.75, 3.05) is 37.3 Å². The third-order valence-corrected chi connectivity index (χ3v) is 8.86. The Morgan fingerprint density at radius 2 is 2.16 bits per heavy atom. The lowest BCUT2D eigenvalue weighted by atomic mass is 9.99. The highest BCUT2D eigenvalue weighted by molar-refractivity contribution is 8.01. The number of nitrogens with zero attached hydrogens (tertiary/aromatic N) is 4. The van der Waals surface area contributed by atoms with Gasteiger partial charge in [0, 0.05) is 32.2 Å². The van der Waals surface area contributed by atoms with Gasteiger partial charge in [-0.3, -0.25) is 4.79 Å². The highest BCUT2D eigenvalue weighted by Crippen LogP contribution is 2.33. The Hall–Kier alpha value is -1.75. The van der Waals surface area contributed by atoms with Crippen LogP contribution in [0.2, 0.25) is 0 Å². The average molecular weight is 476 g/mol. The fourth-order valence-electron chi connectivity index (χ4n) is 4.03. The molecule has 2 saturated heterocycles. The minimum Gasteiger partial charge on any atom is -0.376 e. The Bertz CT molecular complexity index is 1000. The first-order valence-corrected chi connectivity index (χ1v) is 13.3. The molecule has 0 spiro atoms. The monoisotopic (exact) mass is 475 g/mol. The van der Waals surface area contributed by atoms with Crippen molar-refractivity contribution in [3.8, 4) is 0 Å². The Morgan fingerprint density at radius 1 is 1.23 bits per heavy atom. The van der Waals surface area contributed by atoms with Crippen molar-refractivity contribution in [1.82, 2.24) is 20.1 Å². The molecule has 1 aromatic carbocycles. The summed E-state index contributed by atoms with van der Waals surface area (Å²) in [6.07, 6.45) is 4.60. The highest BCUT2D eigenvalue weighted by atomic mass is 32.2. The number of likely N-dealkylation sites (tertiary alicyclic amines) is 1. The van der Waals surface area contributed by atoms with E-state index in [0.717, 1.165) is 71.9 Å². The maximum absolute atomic E-state index is 12.8. The van der Waals surface area contributed by atoms with Gasteiger partial charge in [0.15, 0.2) is 4.34 Å². The summed E-state index contributed by atoms with van der Waals surface area (Å²) < 4.78 is 7.66. The van der Waals surface area contributed by atoms with E-state index in [1.807, 2.05) is 11.0 Å². The number of carbonyl (C=O) groups excluding carboxylic acids is 1. The third-order valence-electron chi connectivity index (χ3n) is 5.66. The number of hydrogen-bond donors (Lipinski definition) is 1. The van der Waals surface area contributed by atoms with Gasteiger partial charge in [-0.05, 0) is 37.8 Å². The molecule has 5 rings (SSSR count). The predicted octanol–water partition coefficient (Wildman–Crippen LogP) is 4.24. The number of thiazole rings is 1. The quantitative estimate of drug-likeness (QED) is 0.512. The van der Waals surface area contributed by atoms with Crippen LogP contribution in [0.15, 0.2) is 28.6 Å². The van der Waals surface area contributed by atoms with Crippen molar-refractivity contribution in [2.24, 2.45) is 0 Å². The molecule has 10 heteroatoms. The molecule has 0 saturated carbocycles. The predicted molar refractivity (Wildman–Crippen MR) is 126 cm³/mol. The van der Waals surface area contributed by atoms with Gasteiger partial charge in [0.25, 0.3) is 0 Å². The van der Waals surface area contributed by atoms with Crippen LogP contribution in [0.25, 0.3) is 10.2 Å². The van der Waals surface area contributed by atoms with Gasteiger partial charge in [-0.2, -0.15) is 0 Å². The van der Waals surface area contributed by atoms with E-state index >= 15 is 0 Å². The molecule has 2 aromatic heterocycles. The number of ether oxygens (including phenoxy) is 1. The molecule has 2 atom stereocenters. The molecule has 0 radical (unpaired) electrons. The maximum Gasteiger partial charge on any atom is 0.233 e. The second kappa shape index (κ2) is 9.81. The lowest BCUT2D eigenvalue weighted by molar-refractivity contribution is -0.129. The molecule has 7 nitrogen and oxygen atoms in total. The molecule has 0 aliphatic carbocycles. The van der Waals surface area contributed by atoms with E-state index in [1.54, 1.807) is 11.3 Å². The number of anilines is 1. The second-order valence-corrected chi connectivity index (χ2v) is 11.1. The third kappa shape index (κ3) is 5.19. The summed E-state index contributed by atoms with van der Waals surface area (Å²) in [6.45, 7) is 3.19. The molecule has 2 fully saturated rings. The topological polar surface area (TPSA) is 80.2 Å². The molecular formula is C21H25N5O2S3. The summed E-state index contributed by atoms with van der Waals surface area (Å²) in [5.41, 5.74) is 1.06. The summed E-state index contributed by atoms with van der Waals surface area (Å²) in [7, 11) is 0. The first-order valence-electron chi connectivity index (χ1n) is 10.7. The van der Waals surface area contributed by atoms with Gasteiger partial charge >= 0.3 is 0 Å². The molecule has 1 N–H and O–H groups in total. The Kier molecular flexibility index (Phi) is 6.68. The standard InChI is InChI=1S/C21H25N5O2S3/c27-18(13-29-21-25-24-20(31-21)22-11-15-6-4-10-28-15)26-9-3-5-14(12-26)19-23-16-7-1-2-8-17(16)30-19/h1-2,7-8,14-15H,3-6,9-13H2,(H,22,24). The van der Waals surface area contributed by atoms with Gasteiger partial charge in [0.1, 0.15) is 0 Å². The first kappa shape index (κ1) is 21.1. The van der Waals surface area contributed by atoms with E-state index in [9.17, 15) is 4.79 Å². The van der Waals surface area contributed by atoms with Crippen molar-refractivity contribution in [1.29, 1.82) is 0 Å². The molecule has 2 aliphatic rings. The minimum absolute atomic E-state index is 0.167. The minimum atomic E-state index is 0.167. The van der Waals surface area contributed by atoms with Crippen LogP contribution in [0.5, 0.6) is 0 Å². The Morgan fingerprint density at radius 3 is 3.03 bits per heavy atom. The maximum atomic E-state index is 12.8. The molecule has 0 bridgehead atoms. The number of amides is 1. The first-order chi connectivity index (χ1) is 15.2. The van der Waals surface area contributed by atoms with E-state index in [0.29, 0.717) is 11.7 Å². The van der Waals surface area contributed by atoms with Crippen molar-refractivity contribution >= 4 is 55.7 Å².